The van der Waals surface area contributed by atoms with Gasteiger partial charge in [-0.1, -0.05) is 0 Å². The van der Waals surface area contributed by atoms with Crippen LogP contribution >= 0.6 is 0 Å². The van der Waals surface area contributed by atoms with Crippen LogP contribution in [0.5, 0.6) is 0 Å². The number of aliphatic hydroxyl groups excluding tert-OH is 1. The smallest absolute Gasteiger partial charge is 0.257 e. The lowest BCUT2D eigenvalue weighted by Crippen LogP contribution is -2.26. The average Bonchev–Trinajstić information content (AvgIpc) is 2.77. The molecule has 0 bridgehead atoms. The van der Waals surface area contributed by atoms with Gasteiger partial charge in [0.25, 0.3) is 10.0 Å². The predicted molar refractivity (Wildman–Crippen MR) is 56.3 cm³/mol. The third kappa shape index (κ3) is 4.27. The number of hydrogen-bond donors (Lipinski definition) is 3. The number of hydrogen-bond acceptors (Lipinski definition) is 5. The molecule has 7 nitrogen and oxygen atoms in total. The van der Waals surface area contributed by atoms with Crippen molar-refractivity contribution in [3.8, 4) is 0 Å². The van der Waals surface area contributed by atoms with Crippen molar-refractivity contribution in [3.05, 3.63) is 12.3 Å². The van der Waals surface area contributed by atoms with Crippen molar-refractivity contribution in [1.82, 2.24) is 14.9 Å². The van der Waals surface area contributed by atoms with Gasteiger partial charge in [-0.2, -0.15) is 5.10 Å². The molecule has 1 aromatic rings. The van der Waals surface area contributed by atoms with Crippen LogP contribution in [-0.4, -0.2) is 50.1 Å². The second-order valence-corrected chi connectivity index (χ2v) is 4.74. The van der Waals surface area contributed by atoms with Crippen LogP contribution in [0.4, 0.5) is 0 Å². The summed E-state index contributed by atoms with van der Waals surface area (Å²) in [5.41, 5.74) is 0. The van der Waals surface area contributed by atoms with Crippen LogP contribution in [0.15, 0.2) is 17.3 Å². The summed E-state index contributed by atoms with van der Waals surface area (Å²) in [5.74, 6) is 0. The molecule has 3 N–H and O–H groups in total. The van der Waals surface area contributed by atoms with Crippen LogP contribution in [0.1, 0.15) is 6.42 Å². The lowest BCUT2D eigenvalue weighted by Gasteiger charge is -2.04. The van der Waals surface area contributed by atoms with Crippen molar-refractivity contribution in [2.75, 3.05) is 26.4 Å². The van der Waals surface area contributed by atoms with E-state index in [1.807, 2.05) is 0 Å². The van der Waals surface area contributed by atoms with E-state index in [0.717, 1.165) is 0 Å². The molecule has 1 rings (SSSR count). The summed E-state index contributed by atoms with van der Waals surface area (Å²) in [5, 5.41) is 14.4. The largest absolute Gasteiger partial charge is 0.394 e. The minimum Gasteiger partial charge on any atom is -0.394 e. The summed E-state index contributed by atoms with van der Waals surface area (Å²) >= 11 is 0. The average molecular weight is 249 g/mol. The van der Waals surface area contributed by atoms with Gasteiger partial charge < -0.3 is 9.84 Å². The second-order valence-electron chi connectivity index (χ2n) is 3.01. The summed E-state index contributed by atoms with van der Waals surface area (Å²) in [7, 11) is -3.48. The quantitative estimate of drug-likeness (QED) is 0.517. The van der Waals surface area contributed by atoms with Crippen molar-refractivity contribution in [2.24, 2.45) is 0 Å². The molecule has 0 atom stereocenters. The molecule has 1 aromatic heterocycles. The van der Waals surface area contributed by atoms with E-state index < -0.39 is 10.0 Å². The molecule has 1 heterocycles. The number of sulfonamides is 1. The Kier molecular flexibility index (Phi) is 5.39. The minimum absolute atomic E-state index is 0.0279. The molecule has 0 fully saturated rings. The van der Waals surface area contributed by atoms with Gasteiger partial charge in [-0.25, -0.2) is 13.1 Å². The zero-order valence-corrected chi connectivity index (χ0v) is 9.53. The Hall–Kier alpha value is -0.960. The molecule has 0 aliphatic rings. The standard InChI is InChI=1S/C8H15N3O4S/c12-5-7-15-6-1-3-10-16(13,14)8-2-4-9-11-8/h2,4,10,12H,1,3,5-7H2,(H,9,11). The van der Waals surface area contributed by atoms with Crippen LogP contribution in [0.25, 0.3) is 0 Å². The van der Waals surface area contributed by atoms with E-state index in [4.69, 9.17) is 9.84 Å². The first-order valence-electron chi connectivity index (χ1n) is 4.84. The molecule has 0 aliphatic heterocycles. The van der Waals surface area contributed by atoms with Crippen molar-refractivity contribution in [3.63, 3.8) is 0 Å². The zero-order chi connectivity index (χ0) is 11.9. The number of aromatic nitrogens is 2. The first kappa shape index (κ1) is 13.1. The number of ether oxygens (including phenoxy) is 1. The van der Waals surface area contributed by atoms with Gasteiger partial charge in [0, 0.05) is 13.2 Å². The maximum Gasteiger partial charge on any atom is 0.257 e. The van der Waals surface area contributed by atoms with Crippen LogP contribution in [-0.2, 0) is 14.8 Å². The topological polar surface area (TPSA) is 104 Å². The van der Waals surface area contributed by atoms with E-state index in [1.165, 1.54) is 12.3 Å². The molecule has 0 spiro atoms. The van der Waals surface area contributed by atoms with Gasteiger partial charge in [-0.15, -0.1) is 0 Å². The predicted octanol–water partition coefficient (Wildman–Crippen LogP) is -0.913. The van der Waals surface area contributed by atoms with Gasteiger partial charge in [-0.3, -0.25) is 5.10 Å². The molecule has 0 saturated heterocycles. The third-order valence-corrected chi connectivity index (χ3v) is 3.15. The van der Waals surface area contributed by atoms with Crippen LogP contribution in [0, 0.1) is 0 Å². The van der Waals surface area contributed by atoms with E-state index in [0.29, 0.717) is 13.0 Å². The van der Waals surface area contributed by atoms with E-state index in [-0.39, 0.29) is 24.8 Å². The summed E-state index contributed by atoms with van der Waals surface area (Å²) < 4.78 is 30.4. The van der Waals surface area contributed by atoms with Crippen molar-refractivity contribution >= 4 is 10.0 Å². The number of nitrogens with one attached hydrogen (secondary N) is 2. The van der Waals surface area contributed by atoms with Crippen LogP contribution in [0.2, 0.25) is 0 Å². The Morgan fingerprint density at radius 2 is 2.31 bits per heavy atom. The van der Waals surface area contributed by atoms with Crippen molar-refractivity contribution in [2.45, 2.75) is 11.4 Å². The lowest BCUT2D eigenvalue weighted by atomic mass is 10.5. The number of rotatable bonds is 8. The number of aromatic amines is 1. The van der Waals surface area contributed by atoms with E-state index in [9.17, 15) is 8.42 Å². The summed E-state index contributed by atoms with van der Waals surface area (Å²) in [6, 6.07) is 1.38. The Balaban J connectivity index is 2.22. The normalized spacial score (nSPS) is 11.8. The lowest BCUT2D eigenvalue weighted by molar-refractivity contribution is 0.0913. The van der Waals surface area contributed by atoms with E-state index in [2.05, 4.69) is 14.9 Å². The maximum atomic E-state index is 11.5. The molecule has 16 heavy (non-hydrogen) atoms. The minimum atomic E-state index is -3.48. The van der Waals surface area contributed by atoms with Crippen LogP contribution in [0.3, 0.4) is 0 Å². The van der Waals surface area contributed by atoms with Crippen molar-refractivity contribution in [1.29, 1.82) is 0 Å². The van der Waals surface area contributed by atoms with Gasteiger partial charge in [0.2, 0.25) is 0 Å². The van der Waals surface area contributed by atoms with Crippen molar-refractivity contribution < 1.29 is 18.3 Å². The van der Waals surface area contributed by atoms with Gasteiger partial charge in [0.15, 0.2) is 5.03 Å². The Morgan fingerprint density at radius 3 is 2.94 bits per heavy atom. The summed E-state index contributed by atoms with van der Waals surface area (Å²) in [4.78, 5) is 0. The Labute approximate surface area is 93.9 Å². The fourth-order valence-electron chi connectivity index (χ4n) is 1.02. The van der Waals surface area contributed by atoms with Gasteiger partial charge >= 0.3 is 0 Å². The Bertz CT molecular complexity index is 376. The molecular formula is C8H15N3O4S. The highest BCUT2D eigenvalue weighted by atomic mass is 32.2. The summed E-state index contributed by atoms with van der Waals surface area (Å²) in [6.45, 7) is 0.937. The highest BCUT2D eigenvalue weighted by molar-refractivity contribution is 7.89. The summed E-state index contributed by atoms with van der Waals surface area (Å²) in [6.07, 6.45) is 1.92. The molecule has 92 valence electrons. The SMILES string of the molecule is O=S(=O)(NCCCOCCO)c1ccn[nH]1. The molecule has 8 heteroatoms. The fraction of sp³-hybridized carbons (Fsp3) is 0.625. The first-order valence-corrected chi connectivity index (χ1v) is 6.33. The molecule has 0 aliphatic carbocycles. The fourth-order valence-corrected chi connectivity index (χ4v) is 2.00. The Morgan fingerprint density at radius 1 is 1.50 bits per heavy atom. The molecule has 0 saturated carbocycles. The molecule has 0 unspecified atom stereocenters. The van der Waals surface area contributed by atoms with Gasteiger partial charge in [0.1, 0.15) is 0 Å². The van der Waals surface area contributed by atoms with Gasteiger partial charge in [-0.05, 0) is 12.5 Å². The van der Waals surface area contributed by atoms with Crippen LogP contribution < -0.4 is 4.72 Å². The molecule has 0 amide bonds. The molecule has 0 radical (unpaired) electrons. The monoisotopic (exact) mass is 249 g/mol. The van der Waals surface area contributed by atoms with E-state index >= 15 is 0 Å². The molecule has 0 aromatic carbocycles. The number of nitrogens with zero attached hydrogens (tertiary/aromatic N) is 1. The maximum absolute atomic E-state index is 11.5. The highest BCUT2D eigenvalue weighted by Gasteiger charge is 2.13. The zero-order valence-electron chi connectivity index (χ0n) is 8.72. The number of H-pyrrole nitrogens is 1. The first-order chi connectivity index (χ1) is 7.67. The number of aliphatic hydroxyl groups is 1. The highest BCUT2D eigenvalue weighted by Crippen LogP contribution is 2.01. The molecular weight excluding hydrogens is 234 g/mol. The second kappa shape index (κ2) is 6.59. The third-order valence-electron chi connectivity index (χ3n) is 1.76. The van der Waals surface area contributed by atoms with E-state index in [1.54, 1.807) is 0 Å². The van der Waals surface area contributed by atoms with Gasteiger partial charge in [0.05, 0.1) is 19.4 Å².